The van der Waals surface area contributed by atoms with Crippen LogP contribution in [0.5, 0.6) is 0 Å². The molecule has 0 saturated carbocycles. The molecule has 0 spiro atoms. The third kappa shape index (κ3) is 4.97. The van der Waals surface area contributed by atoms with E-state index in [-0.39, 0.29) is 0 Å². The summed E-state index contributed by atoms with van der Waals surface area (Å²) in [6.07, 6.45) is 3.52. The van der Waals surface area contributed by atoms with Gasteiger partial charge in [0.15, 0.2) is 0 Å². The molecule has 0 atom stereocenters. The molecular formula is C52H39N3. The van der Waals surface area contributed by atoms with E-state index in [1.165, 1.54) is 106 Å². The summed E-state index contributed by atoms with van der Waals surface area (Å²) in [6, 6.07) is 67.2. The molecule has 0 amide bonds. The van der Waals surface area contributed by atoms with Gasteiger partial charge in [-0.2, -0.15) is 0 Å². The fourth-order valence-electron chi connectivity index (χ4n) is 9.05. The van der Waals surface area contributed by atoms with Crippen LogP contribution in [0.4, 0.5) is 0 Å². The summed E-state index contributed by atoms with van der Waals surface area (Å²) in [4.78, 5) is 0. The standard InChI is InChI=1S/C52H39N3/c1-2-3-14-35-15-13-18-39(31-35)54-48-23-11-7-19-41(48)44-32-36(25-28-50(44)54)37-26-29-51-45(33-37)42-20-8-12-24-49(42)55(51)40-27-30-52-46(34-40)43-21-9-10-22-47(43)53(52)38-16-5-4-6-17-38/h4-13,15-34H,2-3,14H2,1H3. The molecule has 0 radical (unpaired) electrons. The maximum absolute atomic E-state index is 2.44. The molecule has 0 fully saturated rings. The van der Waals surface area contributed by atoms with E-state index in [1.54, 1.807) is 0 Å². The number of benzene rings is 8. The second kappa shape index (κ2) is 12.6. The maximum Gasteiger partial charge on any atom is 0.0542 e. The van der Waals surface area contributed by atoms with Crippen LogP contribution in [-0.2, 0) is 6.42 Å². The van der Waals surface area contributed by atoms with Crippen LogP contribution in [0.2, 0.25) is 0 Å². The average Bonchev–Trinajstić information content (AvgIpc) is 3.88. The molecule has 3 heterocycles. The smallest absolute Gasteiger partial charge is 0.0542 e. The van der Waals surface area contributed by atoms with Gasteiger partial charge in [0.2, 0.25) is 0 Å². The molecule has 0 saturated heterocycles. The molecule has 11 rings (SSSR count). The second-order valence-electron chi connectivity index (χ2n) is 14.8. The molecule has 3 aromatic heterocycles. The van der Waals surface area contributed by atoms with Crippen molar-refractivity contribution in [3.8, 4) is 28.2 Å². The van der Waals surface area contributed by atoms with Gasteiger partial charge in [-0.05, 0) is 114 Å². The number of aromatic nitrogens is 3. The zero-order valence-corrected chi connectivity index (χ0v) is 30.8. The van der Waals surface area contributed by atoms with E-state index in [9.17, 15) is 0 Å². The van der Waals surface area contributed by atoms with Crippen LogP contribution < -0.4 is 0 Å². The van der Waals surface area contributed by atoms with E-state index in [0.29, 0.717) is 0 Å². The molecule has 0 aliphatic rings. The zero-order valence-electron chi connectivity index (χ0n) is 30.8. The Morgan fingerprint density at radius 1 is 0.327 bits per heavy atom. The Morgan fingerprint density at radius 2 is 0.764 bits per heavy atom. The molecule has 8 aromatic carbocycles. The Labute approximate surface area is 319 Å². The summed E-state index contributed by atoms with van der Waals surface area (Å²) >= 11 is 0. The van der Waals surface area contributed by atoms with Crippen LogP contribution in [0.3, 0.4) is 0 Å². The summed E-state index contributed by atoms with van der Waals surface area (Å²) in [6.45, 7) is 2.26. The third-order valence-electron chi connectivity index (χ3n) is 11.6. The van der Waals surface area contributed by atoms with Crippen molar-refractivity contribution in [3.05, 3.63) is 188 Å². The van der Waals surface area contributed by atoms with Crippen molar-refractivity contribution in [2.45, 2.75) is 26.2 Å². The largest absolute Gasteiger partial charge is 0.309 e. The normalized spacial score (nSPS) is 11.9. The third-order valence-corrected chi connectivity index (χ3v) is 11.6. The SMILES string of the molecule is CCCCc1cccc(-n2c3ccccc3c3cc(-c4ccc5c(c4)c4ccccc4n5-c4ccc5c(c4)c4ccccc4n5-c4ccccc4)ccc32)c1. The van der Waals surface area contributed by atoms with Gasteiger partial charge >= 0.3 is 0 Å². The number of aryl methyl sites for hydroxylation is 1. The monoisotopic (exact) mass is 705 g/mol. The van der Waals surface area contributed by atoms with Crippen LogP contribution in [0, 0.1) is 0 Å². The molecule has 3 heteroatoms. The molecule has 11 aromatic rings. The van der Waals surface area contributed by atoms with Gasteiger partial charge < -0.3 is 13.7 Å². The van der Waals surface area contributed by atoms with Gasteiger partial charge in [0.05, 0.1) is 33.1 Å². The van der Waals surface area contributed by atoms with Crippen LogP contribution in [0.15, 0.2) is 182 Å². The molecule has 0 unspecified atom stereocenters. The summed E-state index contributed by atoms with van der Waals surface area (Å²) in [5.74, 6) is 0. The van der Waals surface area contributed by atoms with Crippen molar-refractivity contribution in [3.63, 3.8) is 0 Å². The Morgan fingerprint density at radius 3 is 1.33 bits per heavy atom. The summed E-state index contributed by atoms with van der Waals surface area (Å²) in [5, 5.41) is 7.57. The Kier molecular flexibility index (Phi) is 7.28. The van der Waals surface area contributed by atoms with Crippen LogP contribution in [-0.4, -0.2) is 13.7 Å². The van der Waals surface area contributed by atoms with Crippen molar-refractivity contribution in [2.24, 2.45) is 0 Å². The molecule has 262 valence electrons. The summed E-state index contributed by atoms with van der Waals surface area (Å²) < 4.78 is 7.26. The first kappa shape index (κ1) is 31.7. The Balaban J connectivity index is 1.07. The minimum atomic E-state index is 1.11. The van der Waals surface area contributed by atoms with Gasteiger partial charge in [0.1, 0.15) is 0 Å². The van der Waals surface area contributed by atoms with E-state index in [2.05, 4.69) is 203 Å². The first-order valence-corrected chi connectivity index (χ1v) is 19.5. The minimum Gasteiger partial charge on any atom is -0.309 e. The second-order valence-corrected chi connectivity index (χ2v) is 14.8. The van der Waals surface area contributed by atoms with E-state index in [1.807, 2.05) is 0 Å². The highest BCUT2D eigenvalue weighted by molar-refractivity contribution is 6.14. The maximum atomic E-state index is 2.44. The quantitative estimate of drug-likeness (QED) is 0.157. The first-order valence-electron chi connectivity index (χ1n) is 19.5. The van der Waals surface area contributed by atoms with E-state index in [0.717, 1.165) is 12.1 Å². The fraction of sp³-hybridized carbons (Fsp3) is 0.0769. The van der Waals surface area contributed by atoms with E-state index < -0.39 is 0 Å². The number of unbranched alkanes of at least 4 members (excludes halogenated alkanes) is 1. The van der Waals surface area contributed by atoms with Crippen LogP contribution in [0.1, 0.15) is 25.3 Å². The fourth-order valence-corrected chi connectivity index (χ4v) is 9.05. The van der Waals surface area contributed by atoms with Gasteiger partial charge in [-0.1, -0.05) is 110 Å². The lowest BCUT2D eigenvalue weighted by atomic mass is 10.0. The highest BCUT2D eigenvalue weighted by Crippen LogP contribution is 2.40. The first-order chi connectivity index (χ1) is 27.2. The van der Waals surface area contributed by atoms with Crippen LogP contribution in [0.25, 0.3) is 93.6 Å². The summed E-state index contributed by atoms with van der Waals surface area (Å²) in [5.41, 5.74) is 14.7. The average molecular weight is 706 g/mol. The predicted molar refractivity (Wildman–Crippen MR) is 234 cm³/mol. The number of rotatable bonds is 7. The summed E-state index contributed by atoms with van der Waals surface area (Å²) in [7, 11) is 0. The number of fused-ring (bicyclic) bond motifs is 9. The van der Waals surface area contributed by atoms with E-state index in [4.69, 9.17) is 0 Å². The van der Waals surface area contributed by atoms with Gasteiger partial charge in [-0.25, -0.2) is 0 Å². The van der Waals surface area contributed by atoms with Crippen molar-refractivity contribution < 1.29 is 0 Å². The lowest BCUT2D eigenvalue weighted by Crippen LogP contribution is -1.96. The molecule has 0 bridgehead atoms. The Bertz CT molecular complexity index is 3250. The highest BCUT2D eigenvalue weighted by atomic mass is 15.0. The molecule has 3 nitrogen and oxygen atoms in total. The van der Waals surface area contributed by atoms with Gasteiger partial charge in [-0.3, -0.25) is 0 Å². The highest BCUT2D eigenvalue weighted by Gasteiger charge is 2.18. The van der Waals surface area contributed by atoms with Crippen molar-refractivity contribution in [2.75, 3.05) is 0 Å². The van der Waals surface area contributed by atoms with Gasteiger partial charge in [0, 0.05) is 49.4 Å². The number of hydrogen-bond donors (Lipinski definition) is 0. The van der Waals surface area contributed by atoms with E-state index >= 15 is 0 Å². The molecule has 0 N–H and O–H groups in total. The molecule has 0 aliphatic heterocycles. The molecular weight excluding hydrogens is 667 g/mol. The van der Waals surface area contributed by atoms with Gasteiger partial charge in [0.25, 0.3) is 0 Å². The lowest BCUT2D eigenvalue weighted by molar-refractivity contribution is 0.794. The molecule has 55 heavy (non-hydrogen) atoms. The van der Waals surface area contributed by atoms with Crippen molar-refractivity contribution >= 4 is 65.4 Å². The Hall–Kier alpha value is -6.84. The number of para-hydroxylation sites is 4. The minimum absolute atomic E-state index is 1.11. The van der Waals surface area contributed by atoms with Crippen LogP contribution >= 0.6 is 0 Å². The topological polar surface area (TPSA) is 14.8 Å². The zero-order chi connectivity index (χ0) is 36.5. The van der Waals surface area contributed by atoms with Gasteiger partial charge in [-0.15, -0.1) is 0 Å². The predicted octanol–water partition coefficient (Wildman–Crippen LogP) is 14.0. The lowest BCUT2D eigenvalue weighted by Gasteiger charge is -2.11. The number of nitrogens with zero attached hydrogens (tertiary/aromatic N) is 3. The number of hydrogen-bond acceptors (Lipinski definition) is 0. The van der Waals surface area contributed by atoms with Crippen molar-refractivity contribution in [1.29, 1.82) is 0 Å². The van der Waals surface area contributed by atoms with Crippen molar-refractivity contribution in [1.82, 2.24) is 13.7 Å². The molecule has 0 aliphatic carbocycles.